The second-order valence-electron chi connectivity index (χ2n) is 5.44. The fourth-order valence-corrected chi connectivity index (χ4v) is 2.21. The maximum atomic E-state index is 13.1. The van der Waals surface area contributed by atoms with Crippen molar-refractivity contribution in [3.05, 3.63) is 65.2 Å². The highest BCUT2D eigenvalue weighted by Gasteiger charge is 2.19. The van der Waals surface area contributed by atoms with E-state index in [9.17, 15) is 18.4 Å². The largest absolute Gasteiger partial charge is 0.333 e. The van der Waals surface area contributed by atoms with Crippen LogP contribution in [0.4, 0.5) is 14.5 Å². The van der Waals surface area contributed by atoms with Gasteiger partial charge in [0.2, 0.25) is 0 Å². The molecule has 4 nitrogen and oxygen atoms in total. The number of carbonyl (C=O) groups excluding carboxylic acids is 2. The van der Waals surface area contributed by atoms with Gasteiger partial charge in [-0.25, -0.2) is 8.78 Å². The lowest BCUT2D eigenvalue weighted by Crippen LogP contribution is -2.36. The molecule has 6 heteroatoms. The molecule has 0 bridgehead atoms. The Morgan fingerprint density at radius 1 is 1.00 bits per heavy atom. The molecule has 0 aliphatic heterocycles. The predicted molar refractivity (Wildman–Crippen MR) is 87.3 cm³/mol. The Bertz CT molecular complexity index is 725. The van der Waals surface area contributed by atoms with E-state index in [1.165, 1.54) is 17.5 Å². The van der Waals surface area contributed by atoms with Crippen LogP contribution in [-0.2, 0) is 22.6 Å². The average molecular weight is 332 g/mol. The van der Waals surface area contributed by atoms with E-state index in [0.29, 0.717) is 6.07 Å². The minimum absolute atomic E-state index is 0.105. The van der Waals surface area contributed by atoms with Crippen LogP contribution in [0.2, 0.25) is 0 Å². The smallest absolute Gasteiger partial charge is 0.313 e. The molecule has 126 valence electrons. The topological polar surface area (TPSA) is 49.4 Å². The summed E-state index contributed by atoms with van der Waals surface area (Å²) < 4.78 is 26.2. The molecule has 0 atom stereocenters. The third-order valence-corrected chi connectivity index (χ3v) is 3.51. The number of halogens is 2. The van der Waals surface area contributed by atoms with Crippen molar-refractivity contribution in [2.75, 3.05) is 12.4 Å². The molecule has 1 N–H and O–H groups in total. The molecule has 0 heterocycles. The SMILES string of the molecule is CCc1ccc(CN(C)C(=O)C(=O)Nc2cc(F)cc(F)c2)cc1. The summed E-state index contributed by atoms with van der Waals surface area (Å²) in [4.78, 5) is 25.2. The van der Waals surface area contributed by atoms with E-state index in [1.807, 2.05) is 31.2 Å². The molecule has 0 radical (unpaired) electrons. The summed E-state index contributed by atoms with van der Waals surface area (Å²) in [5.74, 6) is -3.41. The fourth-order valence-electron chi connectivity index (χ4n) is 2.21. The lowest BCUT2D eigenvalue weighted by Gasteiger charge is -2.17. The molecule has 24 heavy (non-hydrogen) atoms. The Labute approximate surface area is 139 Å². The highest BCUT2D eigenvalue weighted by atomic mass is 19.1. The number of hydrogen-bond acceptors (Lipinski definition) is 2. The predicted octanol–water partition coefficient (Wildman–Crippen LogP) is 3.12. The molecule has 0 aromatic heterocycles. The van der Waals surface area contributed by atoms with E-state index < -0.39 is 23.4 Å². The van der Waals surface area contributed by atoms with Gasteiger partial charge in [0, 0.05) is 25.3 Å². The van der Waals surface area contributed by atoms with E-state index >= 15 is 0 Å². The zero-order valence-electron chi connectivity index (χ0n) is 13.5. The summed E-state index contributed by atoms with van der Waals surface area (Å²) in [6.07, 6.45) is 0.918. The Balaban J connectivity index is 1.99. The van der Waals surface area contributed by atoms with E-state index in [2.05, 4.69) is 5.32 Å². The molecule has 0 unspecified atom stereocenters. The van der Waals surface area contributed by atoms with Gasteiger partial charge in [0.25, 0.3) is 0 Å². The van der Waals surface area contributed by atoms with Crippen LogP contribution < -0.4 is 5.32 Å². The fraction of sp³-hybridized carbons (Fsp3) is 0.222. The maximum Gasteiger partial charge on any atom is 0.313 e. The van der Waals surface area contributed by atoms with Crippen LogP contribution in [0.3, 0.4) is 0 Å². The van der Waals surface area contributed by atoms with Gasteiger partial charge in [-0.15, -0.1) is 0 Å². The third kappa shape index (κ3) is 4.62. The number of aryl methyl sites for hydroxylation is 1. The van der Waals surface area contributed by atoms with Crippen molar-refractivity contribution in [3.8, 4) is 0 Å². The summed E-state index contributed by atoms with van der Waals surface area (Å²) >= 11 is 0. The van der Waals surface area contributed by atoms with Gasteiger partial charge in [0.15, 0.2) is 0 Å². The maximum absolute atomic E-state index is 13.1. The highest BCUT2D eigenvalue weighted by Crippen LogP contribution is 2.13. The standard InChI is InChI=1S/C18H18F2N2O2/c1-3-12-4-6-13(7-5-12)11-22(2)18(24)17(23)21-16-9-14(19)8-15(20)10-16/h4-10H,3,11H2,1-2H3,(H,21,23). The number of carbonyl (C=O) groups is 2. The first-order valence-corrected chi connectivity index (χ1v) is 7.49. The van der Waals surface area contributed by atoms with E-state index in [4.69, 9.17) is 0 Å². The Kier molecular flexibility index (Phi) is 5.63. The van der Waals surface area contributed by atoms with E-state index in [0.717, 1.165) is 24.1 Å². The molecule has 0 fully saturated rings. The monoisotopic (exact) mass is 332 g/mol. The van der Waals surface area contributed by atoms with Gasteiger partial charge < -0.3 is 10.2 Å². The minimum atomic E-state index is -0.951. The normalized spacial score (nSPS) is 10.3. The summed E-state index contributed by atoms with van der Waals surface area (Å²) in [5.41, 5.74) is 1.96. The summed E-state index contributed by atoms with van der Waals surface area (Å²) in [5, 5.41) is 2.20. The molecule has 0 aliphatic carbocycles. The van der Waals surface area contributed by atoms with Crippen molar-refractivity contribution in [2.24, 2.45) is 0 Å². The second kappa shape index (κ2) is 7.68. The number of hydrogen-bond donors (Lipinski definition) is 1. The van der Waals surface area contributed by atoms with Crippen LogP contribution in [-0.4, -0.2) is 23.8 Å². The third-order valence-electron chi connectivity index (χ3n) is 3.51. The van der Waals surface area contributed by atoms with Crippen LogP contribution >= 0.6 is 0 Å². The number of rotatable bonds is 4. The number of anilines is 1. The first-order chi connectivity index (χ1) is 11.4. The molecule has 0 saturated carbocycles. The lowest BCUT2D eigenvalue weighted by molar-refractivity contribution is -0.142. The molecule has 2 aromatic rings. The zero-order valence-corrected chi connectivity index (χ0v) is 13.5. The number of amides is 2. The Hall–Kier alpha value is -2.76. The lowest BCUT2D eigenvalue weighted by atomic mass is 10.1. The number of likely N-dealkylation sites (N-methyl/N-ethyl adjacent to an activating group) is 1. The molecular weight excluding hydrogens is 314 g/mol. The molecule has 0 saturated heterocycles. The van der Waals surface area contributed by atoms with Crippen molar-refractivity contribution in [3.63, 3.8) is 0 Å². The molecule has 2 rings (SSSR count). The quantitative estimate of drug-likeness (QED) is 0.875. The van der Waals surface area contributed by atoms with Gasteiger partial charge in [-0.1, -0.05) is 31.2 Å². The summed E-state index contributed by atoms with van der Waals surface area (Å²) in [7, 11) is 1.49. The second-order valence-corrected chi connectivity index (χ2v) is 5.44. The van der Waals surface area contributed by atoms with Gasteiger partial charge in [-0.2, -0.15) is 0 Å². The van der Waals surface area contributed by atoms with Gasteiger partial charge >= 0.3 is 11.8 Å². The van der Waals surface area contributed by atoms with Crippen LogP contribution in [0.25, 0.3) is 0 Å². The molecule has 2 amide bonds. The van der Waals surface area contributed by atoms with Crippen molar-refractivity contribution in [1.29, 1.82) is 0 Å². The van der Waals surface area contributed by atoms with Crippen molar-refractivity contribution in [1.82, 2.24) is 4.90 Å². The van der Waals surface area contributed by atoms with Crippen LogP contribution in [0.1, 0.15) is 18.1 Å². The van der Waals surface area contributed by atoms with Crippen molar-refractivity contribution >= 4 is 17.5 Å². The van der Waals surface area contributed by atoms with Crippen molar-refractivity contribution in [2.45, 2.75) is 19.9 Å². The van der Waals surface area contributed by atoms with E-state index in [1.54, 1.807) is 0 Å². The number of nitrogens with zero attached hydrogens (tertiary/aromatic N) is 1. The summed E-state index contributed by atoms with van der Waals surface area (Å²) in [6.45, 7) is 2.30. The zero-order chi connectivity index (χ0) is 17.7. The number of nitrogens with one attached hydrogen (secondary N) is 1. The highest BCUT2D eigenvalue weighted by molar-refractivity contribution is 6.39. The Morgan fingerprint density at radius 3 is 2.08 bits per heavy atom. The summed E-state index contributed by atoms with van der Waals surface area (Å²) in [6, 6.07) is 10.3. The van der Waals surface area contributed by atoms with Gasteiger partial charge in [0.1, 0.15) is 11.6 Å². The van der Waals surface area contributed by atoms with E-state index in [-0.39, 0.29) is 12.2 Å². The van der Waals surface area contributed by atoms with Gasteiger partial charge in [-0.05, 0) is 29.7 Å². The van der Waals surface area contributed by atoms with Crippen LogP contribution in [0, 0.1) is 11.6 Å². The van der Waals surface area contributed by atoms with Gasteiger partial charge in [-0.3, -0.25) is 9.59 Å². The van der Waals surface area contributed by atoms with Crippen molar-refractivity contribution < 1.29 is 18.4 Å². The Morgan fingerprint density at radius 2 is 1.54 bits per heavy atom. The molecule has 2 aromatic carbocycles. The van der Waals surface area contributed by atoms with Crippen LogP contribution in [0.15, 0.2) is 42.5 Å². The molecule has 0 spiro atoms. The number of benzene rings is 2. The first-order valence-electron chi connectivity index (χ1n) is 7.49. The molecule has 0 aliphatic rings. The average Bonchev–Trinajstić information content (AvgIpc) is 2.53. The van der Waals surface area contributed by atoms with Gasteiger partial charge in [0.05, 0.1) is 0 Å². The van der Waals surface area contributed by atoms with Crippen LogP contribution in [0.5, 0.6) is 0 Å². The molecular formula is C18H18F2N2O2. The first kappa shape index (κ1) is 17.6. The minimum Gasteiger partial charge on any atom is -0.333 e.